The van der Waals surface area contributed by atoms with Crippen LogP contribution in [0.1, 0.15) is 30.0 Å². The highest BCUT2D eigenvalue weighted by atomic mass is 16.2. The van der Waals surface area contributed by atoms with E-state index in [1.54, 1.807) is 23.5 Å². The second-order valence-electron chi connectivity index (χ2n) is 7.63. The van der Waals surface area contributed by atoms with Gasteiger partial charge in [0.15, 0.2) is 0 Å². The van der Waals surface area contributed by atoms with Crippen molar-refractivity contribution in [2.45, 2.75) is 25.2 Å². The number of hydrogen-bond acceptors (Lipinski definition) is 6. The monoisotopic (exact) mass is 392 g/mol. The molecule has 1 saturated heterocycles. The molecule has 0 spiro atoms. The second-order valence-corrected chi connectivity index (χ2v) is 7.63. The van der Waals surface area contributed by atoms with Crippen LogP contribution in [0.5, 0.6) is 0 Å². The third-order valence-corrected chi connectivity index (χ3v) is 5.29. The Morgan fingerprint density at radius 2 is 2.21 bits per heavy atom. The maximum absolute atomic E-state index is 12.7. The van der Waals surface area contributed by atoms with Gasteiger partial charge < -0.3 is 14.8 Å². The quantitative estimate of drug-likeness (QED) is 0.727. The minimum absolute atomic E-state index is 0.0801. The fraction of sp³-hybridized carbons (Fsp3) is 0.381. The third-order valence-electron chi connectivity index (χ3n) is 5.29. The molecule has 0 aromatic carbocycles. The molecule has 1 aliphatic rings. The van der Waals surface area contributed by atoms with E-state index in [0.717, 1.165) is 30.6 Å². The van der Waals surface area contributed by atoms with Crippen LogP contribution < -0.4 is 10.5 Å². The zero-order valence-electron chi connectivity index (χ0n) is 16.6. The van der Waals surface area contributed by atoms with Crippen molar-refractivity contribution < 1.29 is 4.79 Å². The normalized spacial score (nSPS) is 16.8. The van der Waals surface area contributed by atoms with Gasteiger partial charge in [-0.2, -0.15) is 0 Å². The van der Waals surface area contributed by atoms with Gasteiger partial charge in [-0.05, 0) is 30.5 Å². The standard InChI is InChI=1S/C21H24N6O2/c1-26(2)21-23-12-16-18(25-21)10-17(24-20(16)29)15-6-4-8-27(13-15)19(28)9-14-5-3-7-22-11-14/h3,5,7,10-12,15H,4,6,8-9,13H2,1-2H3,(H,24,29)/t15-/m0/s1. The third kappa shape index (κ3) is 4.11. The Morgan fingerprint density at radius 3 is 2.97 bits per heavy atom. The Kier molecular flexibility index (Phi) is 5.24. The van der Waals surface area contributed by atoms with Crippen molar-refractivity contribution in [2.24, 2.45) is 0 Å². The maximum Gasteiger partial charge on any atom is 0.259 e. The minimum Gasteiger partial charge on any atom is -0.347 e. The largest absolute Gasteiger partial charge is 0.347 e. The summed E-state index contributed by atoms with van der Waals surface area (Å²) < 4.78 is 0. The molecule has 3 aromatic heterocycles. The number of amides is 1. The van der Waals surface area contributed by atoms with Gasteiger partial charge in [0.25, 0.3) is 5.56 Å². The van der Waals surface area contributed by atoms with Crippen molar-refractivity contribution in [2.75, 3.05) is 32.1 Å². The average molecular weight is 392 g/mol. The molecule has 0 aliphatic carbocycles. The van der Waals surface area contributed by atoms with E-state index in [1.165, 1.54) is 0 Å². The molecule has 4 heterocycles. The number of H-pyrrole nitrogens is 1. The molecule has 1 aliphatic heterocycles. The topological polar surface area (TPSA) is 95.1 Å². The van der Waals surface area contributed by atoms with Crippen LogP contribution in [0.2, 0.25) is 0 Å². The van der Waals surface area contributed by atoms with Gasteiger partial charge >= 0.3 is 0 Å². The molecule has 8 nitrogen and oxygen atoms in total. The summed E-state index contributed by atoms with van der Waals surface area (Å²) in [6.45, 7) is 1.33. The number of nitrogens with zero attached hydrogens (tertiary/aromatic N) is 5. The van der Waals surface area contributed by atoms with Crippen molar-refractivity contribution in [3.63, 3.8) is 0 Å². The van der Waals surface area contributed by atoms with Gasteiger partial charge in [-0.1, -0.05) is 6.07 Å². The first kappa shape index (κ1) is 19.0. The van der Waals surface area contributed by atoms with Crippen molar-refractivity contribution in [3.8, 4) is 0 Å². The lowest BCUT2D eigenvalue weighted by Crippen LogP contribution is -2.40. The first-order valence-electron chi connectivity index (χ1n) is 9.75. The summed E-state index contributed by atoms with van der Waals surface area (Å²) >= 11 is 0. The van der Waals surface area contributed by atoms with Crippen LogP contribution >= 0.6 is 0 Å². The van der Waals surface area contributed by atoms with E-state index >= 15 is 0 Å². The molecule has 150 valence electrons. The summed E-state index contributed by atoms with van der Waals surface area (Å²) in [4.78, 5) is 44.8. The van der Waals surface area contributed by atoms with Crippen LogP contribution in [0.25, 0.3) is 10.9 Å². The van der Waals surface area contributed by atoms with E-state index in [0.29, 0.717) is 29.8 Å². The summed E-state index contributed by atoms with van der Waals surface area (Å²) in [5.41, 5.74) is 2.17. The highest BCUT2D eigenvalue weighted by Gasteiger charge is 2.26. The number of pyridine rings is 2. The molecule has 1 N–H and O–H groups in total. The predicted molar refractivity (Wildman–Crippen MR) is 111 cm³/mol. The van der Waals surface area contributed by atoms with E-state index in [2.05, 4.69) is 19.9 Å². The molecule has 29 heavy (non-hydrogen) atoms. The van der Waals surface area contributed by atoms with Crippen LogP contribution in [0.3, 0.4) is 0 Å². The average Bonchev–Trinajstić information content (AvgIpc) is 2.74. The summed E-state index contributed by atoms with van der Waals surface area (Å²) in [6, 6.07) is 5.67. The Labute approximate surface area is 168 Å². The Hall–Kier alpha value is -3.29. The van der Waals surface area contributed by atoms with Crippen molar-refractivity contribution in [3.05, 3.63) is 58.4 Å². The number of hydrogen-bond donors (Lipinski definition) is 1. The number of aromatic nitrogens is 4. The smallest absolute Gasteiger partial charge is 0.259 e. The number of likely N-dealkylation sites (tertiary alicyclic amines) is 1. The fourth-order valence-corrected chi connectivity index (χ4v) is 3.73. The molecule has 0 radical (unpaired) electrons. The van der Waals surface area contributed by atoms with Gasteiger partial charge in [-0.15, -0.1) is 0 Å². The van der Waals surface area contributed by atoms with Gasteiger partial charge in [-0.25, -0.2) is 9.97 Å². The van der Waals surface area contributed by atoms with Crippen LogP contribution in [0.15, 0.2) is 41.6 Å². The van der Waals surface area contributed by atoms with Crippen LogP contribution in [0.4, 0.5) is 5.95 Å². The molecular weight excluding hydrogens is 368 g/mol. The van der Waals surface area contributed by atoms with Crippen molar-refractivity contribution in [1.29, 1.82) is 0 Å². The fourth-order valence-electron chi connectivity index (χ4n) is 3.73. The molecule has 0 unspecified atom stereocenters. The summed E-state index contributed by atoms with van der Waals surface area (Å²) in [7, 11) is 3.73. The zero-order chi connectivity index (χ0) is 20.4. The molecular formula is C21H24N6O2. The van der Waals surface area contributed by atoms with Crippen LogP contribution in [-0.2, 0) is 11.2 Å². The number of carbonyl (C=O) groups is 1. The van der Waals surface area contributed by atoms with E-state index in [1.807, 2.05) is 37.2 Å². The lowest BCUT2D eigenvalue weighted by molar-refractivity contribution is -0.131. The van der Waals surface area contributed by atoms with E-state index in [4.69, 9.17) is 0 Å². The molecule has 4 rings (SSSR count). The lowest BCUT2D eigenvalue weighted by Gasteiger charge is -2.33. The number of piperidine rings is 1. The SMILES string of the molecule is CN(C)c1ncc2c(=O)[nH]c([C@H]3CCCN(C(=O)Cc4cccnc4)C3)cc2n1. The molecule has 8 heteroatoms. The molecule has 3 aromatic rings. The van der Waals surface area contributed by atoms with Gasteiger partial charge in [0, 0.05) is 57.4 Å². The highest BCUT2D eigenvalue weighted by molar-refractivity contribution is 5.79. The Morgan fingerprint density at radius 1 is 1.34 bits per heavy atom. The lowest BCUT2D eigenvalue weighted by atomic mass is 9.93. The number of nitrogens with one attached hydrogen (secondary N) is 1. The number of rotatable bonds is 4. The molecule has 1 amide bonds. The predicted octanol–water partition coefficient (Wildman–Crippen LogP) is 1.73. The van der Waals surface area contributed by atoms with Crippen molar-refractivity contribution >= 4 is 22.8 Å². The van der Waals surface area contributed by atoms with Crippen LogP contribution in [-0.4, -0.2) is 57.9 Å². The van der Waals surface area contributed by atoms with Crippen LogP contribution in [0, 0.1) is 0 Å². The number of fused-ring (bicyclic) bond motifs is 1. The van der Waals surface area contributed by atoms with E-state index in [9.17, 15) is 9.59 Å². The zero-order valence-corrected chi connectivity index (χ0v) is 16.6. The number of aromatic amines is 1. The Bertz CT molecular complexity index is 1080. The second kappa shape index (κ2) is 7.98. The minimum atomic E-state index is -0.193. The van der Waals surface area contributed by atoms with Gasteiger partial charge in [0.05, 0.1) is 17.3 Å². The Balaban J connectivity index is 1.56. The van der Waals surface area contributed by atoms with Gasteiger partial charge in [-0.3, -0.25) is 14.6 Å². The number of anilines is 1. The first-order chi connectivity index (χ1) is 14.0. The van der Waals surface area contributed by atoms with E-state index < -0.39 is 0 Å². The van der Waals surface area contributed by atoms with Gasteiger partial charge in [0.2, 0.25) is 11.9 Å². The molecule has 0 bridgehead atoms. The van der Waals surface area contributed by atoms with E-state index in [-0.39, 0.29) is 17.4 Å². The van der Waals surface area contributed by atoms with Gasteiger partial charge in [0.1, 0.15) is 0 Å². The molecule has 1 fully saturated rings. The summed E-state index contributed by atoms with van der Waals surface area (Å²) in [6.07, 6.45) is 7.15. The van der Waals surface area contributed by atoms with Crippen molar-refractivity contribution in [1.82, 2.24) is 24.8 Å². The maximum atomic E-state index is 12.7. The molecule has 1 atom stereocenters. The summed E-state index contributed by atoms with van der Waals surface area (Å²) in [5.74, 6) is 0.727. The highest BCUT2D eigenvalue weighted by Crippen LogP contribution is 2.27. The number of carbonyl (C=O) groups excluding carboxylic acids is 1. The summed E-state index contributed by atoms with van der Waals surface area (Å²) in [5, 5.41) is 0.472. The first-order valence-corrected chi connectivity index (χ1v) is 9.75. The molecule has 0 saturated carbocycles.